The van der Waals surface area contributed by atoms with E-state index >= 15 is 0 Å². The Morgan fingerprint density at radius 3 is 2.82 bits per heavy atom. The fourth-order valence-electron chi connectivity index (χ4n) is 1.69. The van der Waals surface area contributed by atoms with E-state index in [1.54, 1.807) is 24.3 Å². The number of nitrogens with one attached hydrogen (secondary N) is 1. The van der Waals surface area contributed by atoms with Crippen LogP contribution in [0.15, 0.2) is 24.3 Å². The molecule has 1 aromatic rings. The molecule has 5 heteroatoms. The van der Waals surface area contributed by atoms with Gasteiger partial charge in [-0.1, -0.05) is 12.1 Å². The normalized spacial score (nSPS) is 15.7. The van der Waals surface area contributed by atoms with Gasteiger partial charge in [0.25, 0.3) is 0 Å². The van der Waals surface area contributed by atoms with Gasteiger partial charge in [0.2, 0.25) is 11.8 Å². The van der Waals surface area contributed by atoms with E-state index in [-0.39, 0.29) is 30.7 Å². The van der Waals surface area contributed by atoms with Gasteiger partial charge in [0.05, 0.1) is 6.54 Å². The summed E-state index contributed by atoms with van der Waals surface area (Å²) < 4.78 is 0. The van der Waals surface area contributed by atoms with Crippen LogP contribution in [0.2, 0.25) is 0 Å². The van der Waals surface area contributed by atoms with Crippen molar-refractivity contribution in [1.82, 2.24) is 5.32 Å². The number of rotatable bonds is 2. The van der Waals surface area contributed by atoms with Gasteiger partial charge in [0, 0.05) is 11.3 Å². The van der Waals surface area contributed by atoms with E-state index in [1.807, 2.05) is 0 Å². The number of hydrogen-bond acceptors (Lipinski definition) is 3. The highest BCUT2D eigenvalue weighted by Gasteiger charge is 2.24. The summed E-state index contributed by atoms with van der Waals surface area (Å²) in [5.41, 5.74) is 1.11. The van der Waals surface area contributed by atoms with Crippen molar-refractivity contribution in [3.8, 4) is 0 Å². The first kappa shape index (κ1) is 11.3. The Kier molecular flexibility index (Phi) is 2.91. The van der Waals surface area contributed by atoms with E-state index < -0.39 is 0 Å². The van der Waals surface area contributed by atoms with Gasteiger partial charge >= 0.3 is 0 Å². The van der Waals surface area contributed by atoms with E-state index in [9.17, 15) is 14.4 Å². The third kappa shape index (κ3) is 2.33. The molecule has 0 aromatic heterocycles. The van der Waals surface area contributed by atoms with Crippen molar-refractivity contribution in [1.29, 1.82) is 0 Å². The standard InChI is InChI=1S/C12H12N2O3/c1-8(15)9-3-2-4-10(5-9)14-7-11(16)13-6-12(14)17/h2-5H,6-7H2,1H3,(H,13,16). The van der Waals surface area contributed by atoms with Crippen LogP contribution >= 0.6 is 0 Å². The molecule has 2 rings (SSSR count). The predicted molar refractivity (Wildman–Crippen MR) is 61.8 cm³/mol. The summed E-state index contributed by atoms with van der Waals surface area (Å²) in [6.07, 6.45) is 0. The zero-order valence-corrected chi connectivity index (χ0v) is 9.40. The zero-order valence-electron chi connectivity index (χ0n) is 9.40. The quantitative estimate of drug-likeness (QED) is 0.748. The van der Waals surface area contributed by atoms with Crippen molar-refractivity contribution >= 4 is 23.3 Å². The molecule has 0 aliphatic carbocycles. The number of piperazine rings is 1. The molecule has 1 aliphatic rings. The van der Waals surface area contributed by atoms with Crippen LogP contribution in [0.4, 0.5) is 5.69 Å². The number of benzene rings is 1. The molecule has 2 amide bonds. The van der Waals surface area contributed by atoms with Crippen LogP contribution in [0, 0.1) is 0 Å². The molecule has 17 heavy (non-hydrogen) atoms. The molecular formula is C12H12N2O3. The van der Waals surface area contributed by atoms with Crippen LogP contribution in [0.25, 0.3) is 0 Å². The number of ketones is 1. The summed E-state index contributed by atoms with van der Waals surface area (Å²) >= 11 is 0. The summed E-state index contributed by atoms with van der Waals surface area (Å²) in [4.78, 5) is 35.5. The van der Waals surface area contributed by atoms with E-state index in [0.717, 1.165) is 0 Å². The minimum absolute atomic E-state index is 0.000190. The van der Waals surface area contributed by atoms with Gasteiger partial charge in [-0.05, 0) is 19.1 Å². The number of hydrogen-bond donors (Lipinski definition) is 1. The van der Waals surface area contributed by atoms with E-state index in [1.165, 1.54) is 11.8 Å². The van der Waals surface area contributed by atoms with Crippen LogP contribution in [0.3, 0.4) is 0 Å². The fourth-order valence-corrected chi connectivity index (χ4v) is 1.69. The number of Topliss-reactive ketones (excluding diaryl/α,β-unsaturated/α-hetero) is 1. The number of nitrogens with zero attached hydrogens (tertiary/aromatic N) is 1. The molecule has 88 valence electrons. The van der Waals surface area contributed by atoms with Crippen LogP contribution in [-0.2, 0) is 9.59 Å². The minimum Gasteiger partial charge on any atom is -0.345 e. The van der Waals surface area contributed by atoms with Crippen molar-refractivity contribution in [2.24, 2.45) is 0 Å². The lowest BCUT2D eigenvalue weighted by atomic mass is 10.1. The van der Waals surface area contributed by atoms with E-state index in [0.29, 0.717) is 11.3 Å². The highest BCUT2D eigenvalue weighted by molar-refractivity contribution is 6.05. The molecular weight excluding hydrogens is 220 g/mol. The van der Waals surface area contributed by atoms with Gasteiger partial charge in [0.15, 0.2) is 5.78 Å². The average molecular weight is 232 g/mol. The first-order valence-corrected chi connectivity index (χ1v) is 5.26. The van der Waals surface area contributed by atoms with Crippen molar-refractivity contribution < 1.29 is 14.4 Å². The second kappa shape index (κ2) is 4.37. The highest BCUT2D eigenvalue weighted by Crippen LogP contribution is 2.17. The van der Waals surface area contributed by atoms with Crippen LogP contribution in [0.1, 0.15) is 17.3 Å². The van der Waals surface area contributed by atoms with E-state index in [4.69, 9.17) is 0 Å². The molecule has 1 N–H and O–H groups in total. The summed E-state index contributed by atoms with van der Waals surface area (Å²) in [7, 11) is 0. The van der Waals surface area contributed by atoms with Crippen LogP contribution in [-0.4, -0.2) is 30.7 Å². The lowest BCUT2D eigenvalue weighted by Gasteiger charge is -2.26. The molecule has 0 atom stereocenters. The molecule has 1 saturated heterocycles. The molecule has 0 saturated carbocycles. The van der Waals surface area contributed by atoms with Gasteiger partial charge in [-0.2, -0.15) is 0 Å². The first-order valence-electron chi connectivity index (χ1n) is 5.26. The monoisotopic (exact) mass is 232 g/mol. The zero-order chi connectivity index (χ0) is 12.4. The maximum Gasteiger partial charge on any atom is 0.246 e. The molecule has 1 aliphatic heterocycles. The number of carbonyl (C=O) groups excluding carboxylic acids is 3. The van der Waals surface area contributed by atoms with Crippen molar-refractivity contribution in [3.63, 3.8) is 0 Å². The fraction of sp³-hybridized carbons (Fsp3) is 0.250. The van der Waals surface area contributed by atoms with Crippen molar-refractivity contribution in [3.05, 3.63) is 29.8 Å². The van der Waals surface area contributed by atoms with Gasteiger partial charge < -0.3 is 10.2 Å². The molecule has 5 nitrogen and oxygen atoms in total. The molecule has 1 fully saturated rings. The largest absolute Gasteiger partial charge is 0.345 e. The first-order chi connectivity index (χ1) is 8.08. The predicted octanol–water partition coefficient (Wildman–Crippen LogP) is 0.352. The number of anilines is 1. The van der Waals surface area contributed by atoms with Crippen molar-refractivity contribution in [2.75, 3.05) is 18.0 Å². The topological polar surface area (TPSA) is 66.5 Å². The molecule has 0 unspecified atom stereocenters. The highest BCUT2D eigenvalue weighted by atomic mass is 16.2. The SMILES string of the molecule is CC(=O)c1cccc(N2CC(=O)NCC2=O)c1. The third-order valence-electron chi connectivity index (χ3n) is 2.60. The Hall–Kier alpha value is -2.17. The number of carbonyl (C=O) groups is 3. The van der Waals surface area contributed by atoms with Gasteiger partial charge in [-0.3, -0.25) is 14.4 Å². The Morgan fingerprint density at radius 2 is 2.12 bits per heavy atom. The Labute approximate surface area is 98.4 Å². The van der Waals surface area contributed by atoms with Crippen molar-refractivity contribution in [2.45, 2.75) is 6.92 Å². The molecule has 1 heterocycles. The van der Waals surface area contributed by atoms with E-state index in [2.05, 4.69) is 5.32 Å². The van der Waals surface area contributed by atoms with Gasteiger partial charge in [-0.15, -0.1) is 0 Å². The summed E-state index contributed by atoms with van der Waals surface area (Å²) in [5.74, 6) is -0.441. The average Bonchev–Trinajstić information content (AvgIpc) is 2.32. The molecule has 1 aromatic carbocycles. The second-order valence-corrected chi connectivity index (χ2v) is 3.86. The van der Waals surface area contributed by atoms with Gasteiger partial charge in [-0.25, -0.2) is 0 Å². The Morgan fingerprint density at radius 1 is 1.35 bits per heavy atom. The molecule has 0 spiro atoms. The Balaban J connectivity index is 2.32. The Bertz CT molecular complexity index is 496. The third-order valence-corrected chi connectivity index (χ3v) is 2.60. The van der Waals surface area contributed by atoms with Gasteiger partial charge in [0.1, 0.15) is 6.54 Å². The molecule has 0 bridgehead atoms. The lowest BCUT2D eigenvalue weighted by molar-refractivity contribution is -0.128. The maximum absolute atomic E-state index is 11.6. The second-order valence-electron chi connectivity index (χ2n) is 3.86. The smallest absolute Gasteiger partial charge is 0.246 e. The van der Waals surface area contributed by atoms with Crippen LogP contribution < -0.4 is 10.2 Å². The number of amides is 2. The van der Waals surface area contributed by atoms with Crippen LogP contribution in [0.5, 0.6) is 0 Å². The summed E-state index contributed by atoms with van der Waals surface area (Å²) in [6.45, 7) is 1.47. The summed E-state index contributed by atoms with van der Waals surface area (Å²) in [6, 6.07) is 6.72. The minimum atomic E-state index is -0.196. The lowest BCUT2D eigenvalue weighted by Crippen LogP contribution is -2.51. The summed E-state index contributed by atoms with van der Waals surface area (Å²) in [5, 5.41) is 2.47. The molecule has 0 radical (unpaired) electrons. The maximum atomic E-state index is 11.6.